The molecule has 3 rings (SSSR count). The number of rotatable bonds is 7. The molecule has 176 valence electrons. The molecule has 0 spiro atoms. The largest absolute Gasteiger partial charge is 0.493 e. The van der Waals surface area contributed by atoms with Gasteiger partial charge in [0.2, 0.25) is 17.6 Å². The Morgan fingerprint density at radius 3 is 2.09 bits per heavy atom. The first-order chi connectivity index (χ1) is 15.3. The van der Waals surface area contributed by atoms with E-state index in [9.17, 15) is 14.4 Å². The summed E-state index contributed by atoms with van der Waals surface area (Å²) in [4.78, 5) is 41.4. The fraction of sp³-hybridized carbons (Fsp3) is 0.609. The third-order valence-electron chi connectivity index (χ3n) is 6.20. The molecule has 1 N–H and O–H groups in total. The molecule has 1 aromatic rings. The van der Waals surface area contributed by atoms with Crippen LogP contribution in [-0.4, -0.2) is 80.6 Å². The first-order valence-electron chi connectivity index (χ1n) is 11.0. The maximum Gasteiger partial charge on any atom is 0.251 e. The SMILES string of the molecule is COc1cc(C(=O)NC2CCN(C(=O)C3CC(=O)N(C(C)C)C3)CC2)cc(OC)c1OC. The smallest absolute Gasteiger partial charge is 0.251 e. The van der Waals surface area contributed by atoms with Crippen LogP contribution < -0.4 is 19.5 Å². The zero-order chi connectivity index (χ0) is 23.4. The van der Waals surface area contributed by atoms with Crippen molar-refractivity contribution in [2.45, 2.75) is 45.2 Å². The molecular weight excluding hydrogens is 414 g/mol. The van der Waals surface area contributed by atoms with Gasteiger partial charge in [-0.3, -0.25) is 14.4 Å². The molecule has 32 heavy (non-hydrogen) atoms. The van der Waals surface area contributed by atoms with Crippen LogP contribution in [0.5, 0.6) is 17.2 Å². The molecule has 1 atom stereocenters. The Kier molecular flexibility index (Phi) is 7.48. The molecule has 2 aliphatic rings. The number of ether oxygens (including phenoxy) is 3. The lowest BCUT2D eigenvalue weighted by atomic mass is 10.0. The number of methoxy groups -OCH3 is 3. The van der Waals surface area contributed by atoms with Gasteiger partial charge < -0.3 is 29.3 Å². The summed E-state index contributed by atoms with van der Waals surface area (Å²) in [6.45, 7) is 5.55. The van der Waals surface area contributed by atoms with Crippen molar-refractivity contribution in [2.75, 3.05) is 41.0 Å². The molecule has 0 bridgehead atoms. The third-order valence-corrected chi connectivity index (χ3v) is 6.20. The van der Waals surface area contributed by atoms with Crippen molar-refractivity contribution in [2.24, 2.45) is 5.92 Å². The molecule has 1 aromatic carbocycles. The summed E-state index contributed by atoms with van der Waals surface area (Å²) in [6.07, 6.45) is 1.61. The minimum atomic E-state index is -0.268. The molecule has 0 radical (unpaired) electrons. The van der Waals surface area contributed by atoms with Gasteiger partial charge in [0, 0.05) is 43.7 Å². The van der Waals surface area contributed by atoms with Gasteiger partial charge in [0.25, 0.3) is 5.91 Å². The van der Waals surface area contributed by atoms with Gasteiger partial charge in [-0.2, -0.15) is 0 Å². The highest BCUT2D eigenvalue weighted by atomic mass is 16.5. The minimum Gasteiger partial charge on any atom is -0.493 e. The van der Waals surface area contributed by atoms with Crippen LogP contribution in [0.3, 0.4) is 0 Å². The number of likely N-dealkylation sites (tertiary alicyclic amines) is 2. The van der Waals surface area contributed by atoms with E-state index in [4.69, 9.17) is 14.2 Å². The van der Waals surface area contributed by atoms with Gasteiger partial charge in [-0.05, 0) is 38.8 Å². The van der Waals surface area contributed by atoms with E-state index < -0.39 is 0 Å². The van der Waals surface area contributed by atoms with Crippen LogP contribution in [0.4, 0.5) is 0 Å². The Bertz CT molecular complexity index is 838. The summed E-state index contributed by atoms with van der Waals surface area (Å²) in [5.74, 6) is 0.845. The Morgan fingerprint density at radius 2 is 1.62 bits per heavy atom. The van der Waals surface area contributed by atoms with Crippen LogP contribution >= 0.6 is 0 Å². The summed E-state index contributed by atoms with van der Waals surface area (Å²) >= 11 is 0. The van der Waals surface area contributed by atoms with Crippen molar-refractivity contribution in [1.29, 1.82) is 0 Å². The van der Waals surface area contributed by atoms with Crippen LogP contribution in [-0.2, 0) is 9.59 Å². The number of hydrogen-bond donors (Lipinski definition) is 1. The molecule has 0 aliphatic carbocycles. The lowest BCUT2D eigenvalue weighted by molar-refractivity contribution is -0.136. The van der Waals surface area contributed by atoms with Gasteiger partial charge in [0.1, 0.15) is 0 Å². The lowest BCUT2D eigenvalue weighted by Gasteiger charge is -2.34. The number of benzene rings is 1. The Morgan fingerprint density at radius 1 is 1.03 bits per heavy atom. The standard InChI is InChI=1S/C23H33N3O6/c1-14(2)26-13-16(12-20(26)27)23(29)25-8-6-17(7-9-25)24-22(28)15-10-18(30-3)21(32-5)19(11-15)31-4/h10-11,14,16-17H,6-9,12-13H2,1-5H3,(H,24,28). The summed E-state index contributed by atoms with van der Waals surface area (Å²) in [5.41, 5.74) is 0.413. The second-order valence-corrected chi connectivity index (χ2v) is 8.53. The predicted molar refractivity (Wildman–Crippen MR) is 118 cm³/mol. The van der Waals surface area contributed by atoms with Crippen molar-refractivity contribution in [1.82, 2.24) is 15.1 Å². The van der Waals surface area contributed by atoms with Crippen LogP contribution in [0.1, 0.15) is 43.5 Å². The first kappa shape index (κ1) is 23.7. The van der Waals surface area contributed by atoms with Crippen molar-refractivity contribution in [3.63, 3.8) is 0 Å². The summed E-state index contributed by atoms with van der Waals surface area (Å²) in [6, 6.07) is 3.30. The molecule has 0 saturated carbocycles. The number of nitrogens with zero attached hydrogens (tertiary/aromatic N) is 2. The van der Waals surface area contributed by atoms with E-state index >= 15 is 0 Å². The molecule has 9 nitrogen and oxygen atoms in total. The predicted octanol–water partition coefficient (Wildman–Crippen LogP) is 1.69. The molecule has 2 aliphatic heterocycles. The van der Waals surface area contributed by atoms with Crippen molar-refractivity contribution in [3.05, 3.63) is 17.7 Å². The first-order valence-corrected chi connectivity index (χ1v) is 11.0. The monoisotopic (exact) mass is 447 g/mol. The van der Waals surface area contributed by atoms with Gasteiger partial charge in [-0.15, -0.1) is 0 Å². The fourth-order valence-corrected chi connectivity index (χ4v) is 4.38. The van der Waals surface area contributed by atoms with E-state index in [2.05, 4.69) is 5.32 Å². The van der Waals surface area contributed by atoms with E-state index in [1.807, 2.05) is 18.7 Å². The van der Waals surface area contributed by atoms with E-state index in [1.165, 1.54) is 21.3 Å². The van der Waals surface area contributed by atoms with Crippen molar-refractivity contribution in [3.8, 4) is 17.2 Å². The van der Waals surface area contributed by atoms with Gasteiger partial charge in [-0.25, -0.2) is 0 Å². The molecule has 2 heterocycles. The maximum atomic E-state index is 12.9. The summed E-state index contributed by atoms with van der Waals surface area (Å²) < 4.78 is 15.9. The number of carbonyl (C=O) groups is 3. The average molecular weight is 448 g/mol. The summed E-state index contributed by atoms with van der Waals surface area (Å²) in [5, 5.41) is 3.04. The van der Waals surface area contributed by atoms with Gasteiger partial charge in [0.15, 0.2) is 11.5 Å². The fourth-order valence-electron chi connectivity index (χ4n) is 4.38. The Labute approximate surface area is 189 Å². The summed E-state index contributed by atoms with van der Waals surface area (Å²) in [7, 11) is 4.52. The molecule has 0 aromatic heterocycles. The number of nitrogens with one attached hydrogen (secondary N) is 1. The Hall–Kier alpha value is -2.97. The van der Waals surface area contributed by atoms with Gasteiger partial charge in [-0.1, -0.05) is 0 Å². The molecule has 3 amide bonds. The highest BCUT2D eigenvalue weighted by Gasteiger charge is 2.38. The van der Waals surface area contributed by atoms with Crippen LogP contribution in [0.2, 0.25) is 0 Å². The number of piperidine rings is 1. The highest BCUT2D eigenvalue weighted by molar-refractivity contribution is 5.96. The van der Waals surface area contributed by atoms with Crippen LogP contribution in [0.15, 0.2) is 12.1 Å². The number of carbonyl (C=O) groups excluding carboxylic acids is 3. The van der Waals surface area contributed by atoms with E-state index in [0.29, 0.717) is 55.3 Å². The molecular formula is C23H33N3O6. The zero-order valence-electron chi connectivity index (χ0n) is 19.5. The average Bonchev–Trinajstić information content (AvgIpc) is 3.19. The van der Waals surface area contributed by atoms with Crippen molar-refractivity contribution < 1.29 is 28.6 Å². The number of hydrogen-bond acceptors (Lipinski definition) is 6. The topological polar surface area (TPSA) is 97.4 Å². The highest BCUT2D eigenvalue weighted by Crippen LogP contribution is 2.38. The minimum absolute atomic E-state index is 0.0379. The van der Waals surface area contributed by atoms with Crippen LogP contribution in [0, 0.1) is 5.92 Å². The normalized spacial score (nSPS) is 19.3. The quantitative estimate of drug-likeness (QED) is 0.683. The molecule has 1 unspecified atom stereocenters. The van der Waals surface area contributed by atoms with E-state index in [0.717, 1.165) is 0 Å². The number of amides is 3. The van der Waals surface area contributed by atoms with Gasteiger partial charge in [0.05, 0.1) is 27.2 Å². The van der Waals surface area contributed by atoms with Crippen molar-refractivity contribution >= 4 is 17.7 Å². The third kappa shape index (κ3) is 4.92. The Balaban J connectivity index is 1.57. The molecule has 2 saturated heterocycles. The van der Waals surface area contributed by atoms with E-state index in [1.54, 1.807) is 17.0 Å². The van der Waals surface area contributed by atoms with Gasteiger partial charge >= 0.3 is 0 Å². The second kappa shape index (κ2) is 10.1. The molecule has 2 fully saturated rings. The zero-order valence-corrected chi connectivity index (χ0v) is 19.5. The lowest BCUT2D eigenvalue weighted by Crippen LogP contribution is -2.48. The maximum absolute atomic E-state index is 12.9. The molecule has 9 heteroatoms. The van der Waals surface area contributed by atoms with E-state index in [-0.39, 0.29) is 42.1 Å². The second-order valence-electron chi connectivity index (χ2n) is 8.53. The van der Waals surface area contributed by atoms with Crippen LogP contribution in [0.25, 0.3) is 0 Å².